The first-order chi connectivity index (χ1) is 18.1. The van der Waals surface area contributed by atoms with E-state index >= 15 is 0 Å². The van der Waals surface area contributed by atoms with Crippen molar-refractivity contribution in [3.63, 3.8) is 0 Å². The molecule has 7 nitrogen and oxygen atoms in total. The molecule has 0 amide bonds. The fourth-order valence-electron chi connectivity index (χ4n) is 5.15. The van der Waals surface area contributed by atoms with Gasteiger partial charge in [-0.15, -0.1) is 0 Å². The second kappa shape index (κ2) is 10.3. The van der Waals surface area contributed by atoms with Crippen molar-refractivity contribution < 1.29 is 26.7 Å². The molecule has 5 rings (SSSR count). The van der Waals surface area contributed by atoms with Gasteiger partial charge in [-0.3, -0.25) is 4.55 Å². The third-order valence-corrected chi connectivity index (χ3v) is 7.90. The minimum Gasteiger partial charge on any atom is -0.422 e. The molecule has 0 saturated heterocycles. The van der Waals surface area contributed by atoms with Crippen LogP contribution >= 0.6 is 0 Å². The zero-order valence-corrected chi connectivity index (χ0v) is 22.3. The van der Waals surface area contributed by atoms with Crippen LogP contribution < -0.4 is 5.63 Å². The lowest BCUT2D eigenvalue weighted by atomic mass is 9.81. The van der Waals surface area contributed by atoms with Gasteiger partial charge in [-0.1, -0.05) is 30.0 Å². The van der Waals surface area contributed by atoms with Crippen LogP contribution in [0.4, 0.5) is 5.69 Å². The Labute approximate surface area is 222 Å². The Kier molecular flexibility index (Phi) is 7.10. The SMILES string of the molecule is CC1(C)C(/C=C/c2cc3cc4c(cc3oc2=O)C#CCCOC4)=[N+](CCCCS(=O)(=O)O)c2ccccc21. The van der Waals surface area contributed by atoms with E-state index in [1.54, 1.807) is 12.1 Å². The molecule has 0 atom stereocenters. The topological polar surface area (TPSA) is 96.8 Å². The summed E-state index contributed by atoms with van der Waals surface area (Å²) in [5, 5.41) is 0.801. The number of rotatable bonds is 7. The van der Waals surface area contributed by atoms with E-state index in [4.69, 9.17) is 13.7 Å². The van der Waals surface area contributed by atoms with Gasteiger partial charge in [0, 0.05) is 41.5 Å². The van der Waals surface area contributed by atoms with Gasteiger partial charge in [0.25, 0.3) is 10.1 Å². The normalized spacial score (nSPS) is 16.6. The maximum absolute atomic E-state index is 12.9. The van der Waals surface area contributed by atoms with Gasteiger partial charge in [0.05, 0.1) is 29.9 Å². The highest BCUT2D eigenvalue weighted by atomic mass is 32.2. The molecule has 2 aliphatic rings. The monoisotopic (exact) mass is 532 g/mol. The van der Waals surface area contributed by atoms with E-state index in [9.17, 15) is 13.2 Å². The lowest BCUT2D eigenvalue weighted by molar-refractivity contribution is -0.438. The summed E-state index contributed by atoms with van der Waals surface area (Å²) >= 11 is 0. The Morgan fingerprint density at radius 3 is 2.76 bits per heavy atom. The van der Waals surface area contributed by atoms with Gasteiger partial charge < -0.3 is 9.15 Å². The molecule has 1 aromatic heterocycles. The number of ether oxygens (including phenoxy) is 1. The largest absolute Gasteiger partial charge is 0.422 e. The van der Waals surface area contributed by atoms with Gasteiger partial charge in [0.15, 0.2) is 5.71 Å². The van der Waals surface area contributed by atoms with Crippen molar-refractivity contribution in [2.75, 3.05) is 18.9 Å². The number of hydrogen-bond acceptors (Lipinski definition) is 5. The number of benzene rings is 2. The van der Waals surface area contributed by atoms with Gasteiger partial charge in [0.1, 0.15) is 12.1 Å². The van der Waals surface area contributed by atoms with Crippen LogP contribution in [0.2, 0.25) is 0 Å². The fraction of sp³-hybridized carbons (Fsp3) is 0.333. The average Bonchev–Trinajstić information content (AvgIpc) is 3.06. The number of allylic oxidation sites excluding steroid dienone is 1. The molecule has 196 valence electrons. The second-order valence-corrected chi connectivity index (χ2v) is 11.7. The molecule has 0 spiro atoms. The number of para-hydroxylation sites is 1. The highest BCUT2D eigenvalue weighted by Gasteiger charge is 2.43. The van der Waals surface area contributed by atoms with E-state index in [1.807, 2.05) is 36.4 Å². The molecule has 0 radical (unpaired) electrons. The maximum Gasteiger partial charge on any atom is 0.343 e. The minimum absolute atomic E-state index is 0.268. The van der Waals surface area contributed by atoms with Crippen molar-refractivity contribution in [2.24, 2.45) is 0 Å². The molecular formula is C30H30NO6S+. The Balaban J connectivity index is 1.51. The Morgan fingerprint density at radius 2 is 1.95 bits per heavy atom. The molecule has 2 aromatic carbocycles. The van der Waals surface area contributed by atoms with E-state index in [0.29, 0.717) is 50.2 Å². The highest BCUT2D eigenvalue weighted by molar-refractivity contribution is 7.85. The summed E-state index contributed by atoms with van der Waals surface area (Å²) in [6, 6.07) is 13.7. The molecule has 2 aliphatic heterocycles. The van der Waals surface area contributed by atoms with Gasteiger partial charge in [-0.2, -0.15) is 13.0 Å². The van der Waals surface area contributed by atoms with E-state index in [2.05, 4.69) is 36.3 Å². The van der Waals surface area contributed by atoms with Gasteiger partial charge >= 0.3 is 5.63 Å². The van der Waals surface area contributed by atoms with Crippen molar-refractivity contribution in [1.29, 1.82) is 0 Å². The predicted octanol–water partition coefficient (Wildman–Crippen LogP) is 4.82. The molecule has 0 fully saturated rings. The van der Waals surface area contributed by atoms with Gasteiger partial charge in [0.2, 0.25) is 5.69 Å². The molecule has 1 N–H and O–H groups in total. The standard InChI is InChI=1S/C30H29NO6S/c1-30(2)25-10-3-4-11-26(25)31(14-6-8-16-38(33,34)35)28(30)13-12-22-17-23-18-24-20-36-15-7-5-9-21(24)19-27(23)37-29(22)32/h3-4,10-13,17-19H,6-8,14-16,20H2,1-2H3/p+1/b13-12+. The summed E-state index contributed by atoms with van der Waals surface area (Å²) in [5.74, 6) is 5.95. The highest BCUT2D eigenvalue weighted by Crippen LogP contribution is 2.40. The molecule has 0 unspecified atom stereocenters. The number of nitrogens with zero attached hydrogens (tertiary/aromatic N) is 1. The molecule has 0 saturated carbocycles. The van der Waals surface area contributed by atoms with Crippen LogP contribution in [0.25, 0.3) is 17.0 Å². The maximum atomic E-state index is 12.9. The van der Waals surface area contributed by atoms with Crippen molar-refractivity contribution in [3.05, 3.63) is 81.2 Å². The third kappa shape index (κ3) is 5.37. The van der Waals surface area contributed by atoms with Crippen LogP contribution in [-0.4, -0.2) is 42.2 Å². The van der Waals surface area contributed by atoms with Crippen LogP contribution in [0.5, 0.6) is 0 Å². The van der Waals surface area contributed by atoms with Crippen LogP contribution in [0.1, 0.15) is 55.4 Å². The van der Waals surface area contributed by atoms with Gasteiger partial charge in [-0.25, -0.2) is 4.79 Å². The average molecular weight is 533 g/mol. The summed E-state index contributed by atoms with van der Waals surface area (Å²) in [4.78, 5) is 12.9. The van der Waals surface area contributed by atoms with Crippen molar-refractivity contribution in [2.45, 2.75) is 45.1 Å². The Bertz CT molecular complexity index is 1700. The number of hydrogen-bond donors (Lipinski definition) is 1. The molecule has 8 heteroatoms. The predicted molar refractivity (Wildman–Crippen MR) is 148 cm³/mol. The van der Waals surface area contributed by atoms with E-state index in [1.165, 1.54) is 0 Å². The zero-order chi connectivity index (χ0) is 26.9. The lowest BCUT2D eigenvalue weighted by Gasteiger charge is -2.15. The van der Waals surface area contributed by atoms with Crippen molar-refractivity contribution >= 4 is 38.6 Å². The summed E-state index contributed by atoms with van der Waals surface area (Å²) in [7, 11) is -4.00. The smallest absolute Gasteiger partial charge is 0.343 e. The van der Waals surface area contributed by atoms with E-state index < -0.39 is 15.7 Å². The molecule has 3 heterocycles. The lowest BCUT2D eigenvalue weighted by Crippen LogP contribution is -2.28. The van der Waals surface area contributed by atoms with Crippen LogP contribution in [0.3, 0.4) is 0 Å². The Hall–Kier alpha value is -3.51. The molecule has 0 bridgehead atoms. The van der Waals surface area contributed by atoms with Crippen LogP contribution in [-0.2, 0) is 26.9 Å². The summed E-state index contributed by atoms with van der Waals surface area (Å²) in [5.41, 5.74) is 5.13. The molecule has 38 heavy (non-hydrogen) atoms. The molecule has 0 aliphatic carbocycles. The number of unbranched alkanes of at least 4 members (excludes halogenated alkanes) is 1. The molecule has 3 aromatic rings. The fourth-order valence-corrected chi connectivity index (χ4v) is 5.72. The van der Waals surface area contributed by atoms with Gasteiger partial charge in [-0.05, 0) is 50.1 Å². The summed E-state index contributed by atoms with van der Waals surface area (Å²) < 4.78 is 44.9. The van der Waals surface area contributed by atoms with Crippen molar-refractivity contribution in [1.82, 2.24) is 0 Å². The van der Waals surface area contributed by atoms with Crippen LogP contribution in [0.15, 0.2) is 57.8 Å². The first-order valence-electron chi connectivity index (χ1n) is 12.7. The first-order valence-corrected chi connectivity index (χ1v) is 14.3. The summed E-state index contributed by atoms with van der Waals surface area (Å²) in [6.45, 7) is 5.89. The van der Waals surface area contributed by atoms with E-state index in [0.717, 1.165) is 33.5 Å². The second-order valence-electron chi connectivity index (χ2n) is 10.1. The van der Waals surface area contributed by atoms with E-state index in [-0.39, 0.29) is 11.2 Å². The Morgan fingerprint density at radius 1 is 1.13 bits per heavy atom. The van der Waals surface area contributed by atoms with Crippen molar-refractivity contribution in [3.8, 4) is 11.8 Å². The minimum atomic E-state index is -4.00. The first kappa shape index (κ1) is 26.1. The third-order valence-electron chi connectivity index (χ3n) is 7.09. The van der Waals surface area contributed by atoms with Crippen LogP contribution in [0, 0.1) is 11.8 Å². The number of fused-ring (bicyclic) bond motifs is 3. The quantitative estimate of drug-likeness (QED) is 0.154. The molecular weight excluding hydrogens is 502 g/mol. The summed E-state index contributed by atoms with van der Waals surface area (Å²) in [6.07, 6.45) is 5.33. The zero-order valence-electron chi connectivity index (χ0n) is 21.5.